The highest BCUT2D eigenvalue weighted by Crippen LogP contribution is 2.07. The molecular formula is C13H13NO. The van der Waals surface area contributed by atoms with Crippen molar-refractivity contribution in [3.63, 3.8) is 0 Å². The van der Waals surface area contributed by atoms with Crippen LogP contribution >= 0.6 is 0 Å². The van der Waals surface area contributed by atoms with Crippen molar-refractivity contribution in [3.8, 4) is 5.75 Å². The van der Waals surface area contributed by atoms with Gasteiger partial charge in [0.25, 0.3) is 0 Å². The molecule has 0 unspecified atom stereocenters. The number of pyridine rings is 1. The number of benzene rings is 1. The molecule has 1 aromatic carbocycles. The van der Waals surface area contributed by atoms with Gasteiger partial charge in [0.05, 0.1) is 6.61 Å². The van der Waals surface area contributed by atoms with Gasteiger partial charge in [-0.25, -0.2) is 0 Å². The molecule has 2 heteroatoms. The quantitative estimate of drug-likeness (QED) is 0.755. The third-order valence-corrected chi connectivity index (χ3v) is 2.15. The van der Waals surface area contributed by atoms with Crippen LogP contribution in [0.15, 0.2) is 54.9 Å². The molecular weight excluding hydrogens is 186 g/mol. The monoisotopic (exact) mass is 199 g/mol. The van der Waals surface area contributed by atoms with Crippen LogP contribution in [-0.4, -0.2) is 11.6 Å². The lowest BCUT2D eigenvalue weighted by molar-refractivity contribution is 0.321. The van der Waals surface area contributed by atoms with Crippen LogP contribution in [0.5, 0.6) is 5.75 Å². The van der Waals surface area contributed by atoms with Crippen LogP contribution in [0.1, 0.15) is 5.56 Å². The Labute approximate surface area is 89.6 Å². The van der Waals surface area contributed by atoms with Gasteiger partial charge in [0.15, 0.2) is 0 Å². The average molecular weight is 199 g/mol. The van der Waals surface area contributed by atoms with E-state index in [1.165, 1.54) is 5.56 Å². The lowest BCUT2D eigenvalue weighted by atomic mass is 10.2. The van der Waals surface area contributed by atoms with Gasteiger partial charge in [-0.1, -0.05) is 30.3 Å². The van der Waals surface area contributed by atoms with Crippen molar-refractivity contribution in [3.05, 3.63) is 60.4 Å². The maximum absolute atomic E-state index is 5.57. The summed E-state index contributed by atoms with van der Waals surface area (Å²) in [4.78, 5) is 3.93. The molecule has 0 saturated heterocycles. The maximum atomic E-state index is 5.57. The van der Waals surface area contributed by atoms with Gasteiger partial charge in [0.1, 0.15) is 5.75 Å². The smallest absolute Gasteiger partial charge is 0.122 e. The second kappa shape index (κ2) is 5.15. The van der Waals surface area contributed by atoms with Gasteiger partial charge in [0, 0.05) is 18.8 Å². The highest BCUT2D eigenvalue weighted by molar-refractivity contribution is 5.18. The Balaban J connectivity index is 1.81. The molecule has 0 N–H and O–H groups in total. The zero-order valence-corrected chi connectivity index (χ0v) is 8.47. The number of hydrogen-bond donors (Lipinski definition) is 0. The van der Waals surface area contributed by atoms with E-state index in [0.717, 1.165) is 12.2 Å². The summed E-state index contributed by atoms with van der Waals surface area (Å²) in [7, 11) is 0. The first-order valence-corrected chi connectivity index (χ1v) is 5.02. The Morgan fingerprint density at radius 1 is 0.933 bits per heavy atom. The van der Waals surface area contributed by atoms with E-state index < -0.39 is 0 Å². The Kier molecular flexibility index (Phi) is 3.34. The van der Waals surface area contributed by atoms with E-state index in [4.69, 9.17) is 4.74 Å². The van der Waals surface area contributed by atoms with E-state index in [9.17, 15) is 0 Å². The molecule has 0 spiro atoms. The number of hydrogen-bond acceptors (Lipinski definition) is 2. The summed E-state index contributed by atoms with van der Waals surface area (Å²) in [5, 5.41) is 0. The SMILES string of the molecule is c1ccc(CCOc2ccncc2)cc1. The molecule has 76 valence electrons. The molecule has 0 aliphatic heterocycles. The standard InChI is InChI=1S/C13H13NO/c1-2-4-12(5-3-1)8-11-15-13-6-9-14-10-7-13/h1-7,9-10H,8,11H2. The van der Waals surface area contributed by atoms with Crippen molar-refractivity contribution in [2.45, 2.75) is 6.42 Å². The third kappa shape index (κ3) is 3.09. The normalized spacial score (nSPS) is 9.87. The minimum Gasteiger partial charge on any atom is -0.493 e. The van der Waals surface area contributed by atoms with E-state index in [-0.39, 0.29) is 0 Å². The Morgan fingerprint density at radius 2 is 1.67 bits per heavy atom. The molecule has 2 nitrogen and oxygen atoms in total. The summed E-state index contributed by atoms with van der Waals surface area (Å²) in [5.74, 6) is 0.876. The highest BCUT2D eigenvalue weighted by Gasteiger charge is 1.93. The fourth-order valence-corrected chi connectivity index (χ4v) is 1.37. The number of rotatable bonds is 4. The zero-order chi connectivity index (χ0) is 10.3. The lowest BCUT2D eigenvalue weighted by Gasteiger charge is -2.05. The van der Waals surface area contributed by atoms with Gasteiger partial charge < -0.3 is 4.74 Å². The summed E-state index contributed by atoms with van der Waals surface area (Å²) >= 11 is 0. The van der Waals surface area contributed by atoms with Crippen molar-refractivity contribution < 1.29 is 4.74 Å². The van der Waals surface area contributed by atoms with Crippen LogP contribution in [0.4, 0.5) is 0 Å². The lowest BCUT2D eigenvalue weighted by Crippen LogP contribution is -2.00. The second-order valence-corrected chi connectivity index (χ2v) is 3.27. The van der Waals surface area contributed by atoms with Crippen LogP contribution in [-0.2, 0) is 6.42 Å². The number of nitrogens with zero attached hydrogens (tertiary/aromatic N) is 1. The van der Waals surface area contributed by atoms with Crippen molar-refractivity contribution in [2.75, 3.05) is 6.61 Å². The van der Waals surface area contributed by atoms with Crippen LogP contribution < -0.4 is 4.74 Å². The van der Waals surface area contributed by atoms with Crippen LogP contribution in [0, 0.1) is 0 Å². The molecule has 1 heterocycles. The van der Waals surface area contributed by atoms with Crippen LogP contribution in [0.2, 0.25) is 0 Å². The molecule has 0 amide bonds. The second-order valence-electron chi connectivity index (χ2n) is 3.27. The average Bonchev–Trinajstić information content (AvgIpc) is 2.32. The Morgan fingerprint density at radius 3 is 2.40 bits per heavy atom. The molecule has 0 fully saturated rings. The summed E-state index contributed by atoms with van der Waals surface area (Å²) in [6, 6.07) is 14.1. The summed E-state index contributed by atoms with van der Waals surface area (Å²) in [5.41, 5.74) is 1.30. The molecule has 15 heavy (non-hydrogen) atoms. The fourth-order valence-electron chi connectivity index (χ4n) is 1.37. The van der Waals surface area contributed by atoms with E-state index in [1.54, 1.807) is 12.4 Å². The minimum atomic E-state index is 0.702. The Bertz CT molecular complexity index is 346. The van der Waals surface area contributed by atoms with E-state index in [2.05, 4.69) is 17.1 Å². The molecule has 0 atom stereocenters. The molecule has 0 aliphatic carbocycles. The summed E-state index contributed by atoms with van der Waals surface area (Å²) < 4.78 is 5.57. The van der Waals surface area contributed by atoms with Gasteiger partial charge in [-0.3, -0.25) is 4.98 Å². The first-order chi connectivity index (χ1) is 7.45. The van der Waals surface area contributed by atoms with Gasteiger partial charge in [-0.2, -0.15) is 0 Å². The van der Waals surface area contributed by atoms with Crippen molar-refractivity contribution in [1.82, 2.24) is 4.98 Å². The van der Waals surface area contributed by atoms with Crippen molar-refractivity contribution >= 4 is 0 Å². The predicted molar refractivity (Wildman–Crippen MR) is 59.9 cm³/mol. The predicted octanol–water partition coefficient (Wildman–Crippen LogP) is 2.70. The highest BCUT2D eigenvalue weighted by atomic mass is 16.5. The molecule has 0 bridgehead atoms. The van der Waals surface area contributed by atoms with Gasteiger partial charge >= 0.3 is 0 Å². The van der Waals surface area contributed by atoms with Gasteiger partial charge in [-0.05, 0) is 17.7 Å². The van der Waals surface area contributed by atoms with Crippen LogP contribution in [0.3, 0.4) is 0 Å². The maximum Gasteiger partial charge on any atom is 0.122 e. The zero-order valence-electron chi connectivity index (χ0n) is 8.47. The number of aromatic nitrogens is 1. The summed E-state index contributed by atoms with van der Waals surface area (Å²) in [6.45, 7) is 0.702. The van der Waals surface area contributed by atoms with E-state index >= 15 is 0 Å². The van der Waals surface area contributed by atoms with Gasteiger partial charge in [0.2, 0.25) is 0 Å². The molecule has 0 radical (unpaired) electrons. The summed E-state index contributed by atoms with van der Waals surface area (Å²) in [6.07, 6.45) is 4.40. The van der Waals surface area contributed by atoms with Gasteiger partial charge in [-0.15, -0.1) is 0 Å². The minimum absolute atomic E-state index is 0.702. The first-order valence-electron chi connectivity index (χ1n) is 5.02. The van der Waals surface area contributed by atoms with Crippen molar-refractivity contribution in [1.29, 1.82) is 0 Å². The Hall–Kier alpha value is -1.83. The molecule has 2 aromatic rings. The fraction of sp³-hybridized carbons (Fsp3) is 0.154. The molecule has 2 rings (SSSR count). The largest absolute Gasteiger partial charge is 0.493 e. The van der Waals surface area contributed by atoms with Crippen LogP contribution in [0.25, 0.3) is 0 Å². The number of ether oxygens (including phenoxy) is 1. The van der Waals surface area contributed by atoms with E-state index in [1.807, 2.05) is 30.3 Å². The van der Waals surface area contributed by atoms with E-state index in [0.29, 0.717) is 6.61 Å². The molecule has 0 saturated carbocycles. The third-order valence-electron chi connectivity index (χ3n) is 2.15. The van der Waals surface area contributed by atoms with Crippen molar-refractivity contribution in [2.24, 2.45) is 0 Å². The molecule has 0 aliphatic rings. The topological polar surface area (TPSA) is 22.1 Å². The first kappa shape index (κ1) is 9.71. The molecule has 1 aromatic heterocycles.